The van der Waals surface area contributed by atoms with E-state index >= 15 is 0 Å². The van der Waals surface area contributed by atoms with E-state index in [2.05, 4.69) is 20.6 Å². The number of rotatable bonds is 9. The molecule has 0 saturated carbocycles. The van der Waals surface area contributed by atoms with Crippen LogP contribution in [0.1, 0.15) is 17.5 Å². The molecule has 0 aliphatic carbocycles. The molecule has 0 fully saturated rings. The first kappa shape index (κ1) is 17.4. The second kappa shape index (κ2) is 8.59. The van der Waals surface area contributed by atoms with Gasteiger partial charge in [0, 0.05) is 31.0 Å². The van der Waals surface area contributed by atoms with Gasteiger partial charge in [0.15, 0.2) is 0 Å². The van der Waals surface area contributed by atoms with Gasteiger partial charge in [0.05, 0.1) is 6.42 Å². The molecular formula is C16H19N5O3. The second-order valence-electron chi connectivity index (χ2n) is 5.20. The Morgan fingerprint density at radius 1 is 1.08 bits per heavy atom. The van der Waals surface area contributed by atoms with Gasteiger partial charge in [0.1, 0.15) is 6.04 Å². The largest absolute Gasteiger partial charge is 0.480 e. The first-order valence-electron chi connectivity index (χ1n) is 7.38. The van der Waals surface area contributed by atoms with Gasteiger partial charge in [-0.3, -0.25) is 14.9 Å². The predicted molar refractivity (Wildman–Crippen MR) is 87.9 cm³/mol. The lowest BCUT2D eigenvalue weighted by molar-refractivity contribution is -0.141. The molecule has 8 nitrogen and oxygen atoms in total. The van der Waals surface area contributed by atoms with Crippen LogP contribution in [0.5, 0.6) is 0 Å². The molecule has 0 aliphatic rings. The first-order chi connectivity index (χ1) is 11.5. The normalized spacial score (nSPS) is 11.7. The van der Waals surface area contributed by atoms with Crippen molar-refractivity contribution >= 4 is 17.8 Å². The summed E-state index contributed by atoms with van der Waals surface area (Å²) in [5.41, 5.74) is 6.84. The van der Waals surface area contributed by atoms with E-state index in [4.69, 9.17) is 10.8 Å². The monoisotopic (exact) mass is 329 g/mol. The van der Waals surface area contributed by atoms with E-state index in [1.54, 1.807) is 12.4 Å². The van der Waals surface area contributed by atoms with E-state index in [0.29, 0.717) is 18.1 Å². The van der Waals surface area contributed by atoms with Crippen LogP contribution in [0.3, 0.4) is 0 Å². The molecule has 2 rings (SSSR count). The zero-order valence-electron chi connectivity index (χ0n) is 13.0. The Balaban J connectivity index is 1.85. The van der Waals surface area contributed by atoms with Gasteiger partial charge < -0.3 is 16.2 Å². The Morgan fingerprint density at radius 3 is 2.33 bits per heavy atom. The third kappa shape index (κ3) is 5.65. The molecule has 0 saturated heterocycles. The molecule has 0 aliphatic heterocycles. The van der Waals surface area contributed by atoms with Crippen molar-refractivity contribution in [2.24, 2.45) is 5.73 Å². The van der Waals surface area contributed by atoms with Gasteiger partial charge in [0.25, 0.3) is 0 Å². The van der Waals surface area contributed by atoms with Crippen molar-refractivity contribution in [2.75, 3.05) is 5.32 Å². The van der Waals surface area contributed by atoms with Gasteiger partial charge >= 0.3 is 5.97 Å². The Labute approximate surface area is 139 Å². The van der Waals surface area contributed by atoms with Crippen molar-refractivity contribution in [3.05, 3.63) is 53.9 Å². The van der Waals surface area contributed by atoms with E-state index in [0.717, 1.165) is 5.56 Å². The molecule has 1 aromatic heterocycles. The van der Waals surface area contributed by atoms with Gasteiger partial charge in [0.2, 0.25) is 11.9 Å². The van der Waals surface area contributed by atoms with Crippen molar-refractivity contribution in [2.45, 2.75) is 25.6 Å². The van der Waals surface area contributed by atoms with Crippen molar-refractivity contribution in [1.29, 1.82) is 0 Å². The van der Waals surface area contributed by atoms with Crippen LogP contribution >= 0.6 is 0 Å². The highest BCUT2D eigenvalue weighted by Crippen LogP contribution is 2.05. The molecule has 0 unspecified atom stereocenters. The minimum Gasteiger partial charge on any atom is -0.480 e. The number of nitrogens with zero attached hydrogens (tertiary/aromatic N) is 2. The van der Waals surface area contributed by atoms with Crippen LogP contribution in [0.2, 0.25) is 0 Å². The maximum atomic E-state index is 11.0. The maximum Gasteiger partial charge on any atom is 0.321 e. The summed E-state index contributed by atoms with van der Waals surface area (Å²) in [5.74, 6) is -1.32. The molecule has 24 heavy (non-hydrogen) atoms. The number of hydrogen-bond acceptors (Lipinski definition) is 6. The fourth-order valence-electron chi connectivity index (χ4n) is 2.00. The standard InChI is InChI=1S/C16H19N5O3/c17-14(22)6-13(15(23)24)18-8-12-9-20-16(21-10-12)19-7-11-4-2-1-3-5-11/h1-5,9-10,13,18H,6-8H2,(H2,17,22)(H,23,24)(H,19,20,21)/t13-/m0/s1. The number of aliphatic carboxylic acids is 1. The highest BCUT2D eigenvalue weighted by Gasteiger charge is 2.19. The molecule has 1 heterocycles. The number of anilines is 1. The molecule has 1 atom stereocenters. The number of primary amides is 1. The number of benzene rings is 1. The van der Waals surface area contributed by atoms with E-state index in [1.165, 1.54) is 0 Å². The Hall–Kier alpha value is -3.00. The summed E-state index contributed by atoms with van der Waals surface area (Å²) >= 11 is 0. The molecule has 0 bridgehead atoms. The molecular weight excluding hydrogens is 310 g/mol. The highest BCUT2D eigenvalue weighted by atomic mass is 16.4. The van der Waals surface area contributed by atoms with Gasteiger partial charge in [-0.15, -0.1) is 0 Å². The number of carbonyl (C=O) groups is 2. The Morgan fingerprint density at radius 2 is 1.75 bits per heavy atom. The summed E-state index contributed by atoms with van der Waals surface area (Å²) in [6, 6.07) is 8.82. The van der Waals surface area contributed by atoms with Crippen LogP contribution < -0.4 is 16.4 Å². The third-order valence-corrected chi connectivity index (χ3v) is 3.25. The van der Waals surface area contributed by atoms with Crippen molar-refractivity contribution in [1.82, 2.24) is 15.3 Å². The SMILES string of the molecule is NC(=O)C[C@H](NCc1cnc(NCc2ccccc2)nc1)C(=O)O. The molecule has 126 valence electrons. The van der Waals surface area contributed by atoms with E-state index in [1.807, 2.05) is 30.3 Å². The summed E-state index contributed by atoms with van der Waals surface area (Å²) in [5, 5.41) is 14.9. The lowest BCUT2D eigenvalue weighted by Crippen LogP contribution is -2.39. The molecule has 2 aromatic rings. The number of carboxylic acids is 1. The number of nitrogens with one attached hydrogen (secondary N) is 2. The van der Waals surface area contributed by atoms with E-state index in [-0.39, 0.29) is 13.0 Å². The summed E-state index contributed by atoms with van der Waals surface area (Å²) < 4.78 is 0. The smallest absolute Gasteiger partial charge is 0.321 e. The molecule has 1 amide bonds. The maximum absolute atomic E-state index is 11.0. The van der Waals surface area contributed by atoms with Crippen molar-refractivity contribution in [3.8, 4) is 0 Å². The molecule has 8 heteroatoms. The summed E-state index contributed by atoms with van der Waals surface area (Å²) in [6.07, 6.45) is 2.92. The van der Waals surface area contributed by atoms with Crippen LogP contribution in [0.4, 0.5) is 5.95 Å². The quantitative estimate of drug-likeness (QED) is 0.527. The number of amides is 1. The van der Waals surface area contributed by atoms with Gasteiger partial charge in [-0.05, 0) is 5.56 Å². The van der Waals surface area contributed by atoms with Gasteiger partial charge in [-0.25, -0.2) is 9.97 Å². The summed E-state index contributed by atoms with van der Waals surface area (Å²) in [7, 11) is 0. The number of carbonyl (C=O) groups excluding carboxylic acids is 1. The predicted octanol–water partition coefficient (Wildman–Crippen LogP) is 0.507. The first-order valence-corrected chi connectivity index (χ1v) is 7.38. The topological polar surface area (TPSA) is 130 Å². The average molecular weight is 329 g/mol. The highest BCUT2D eigenvalue weighted by molar-refractivity contribution is 5.83. The summed E-state index contributed by atoms with van der Waals surface area (Å²) in [4.78, 5) is 30.2. The summed E-state index contributed by atoms with van der Waals surface area (Å²) in [6.45, 7) is 0.835. The van der Waals surface area contributed by atoms with Crippen molar-refractivity contribution in [3.63, 3.8) is 0 Å². The van der Waals surface area contributed by atoms with Crippen LogP contribution in [-0.2, 0) is 22.7 Å². The van der Waals surface area contributed by atoms with E-state index in [9.17, 15) is 9.59 Å². The lowest BCUT2D eigenvalue weighted by Gasteiger charge is -2.12. The van der Waals surface area contributed by atoms with Crippen LogP contribution in [0, 0.1) is 0 Å². The van der Waals surface area contributed by atoms with Gasteiger partial charge in [-0.1, -0.05) is 30.3 Å². The zero-order valence-corrected chi connectivity index (χ0v) is 13.0. The average Bonchev–Trinajstić information content (AvgIpc) is 2.58. The second-order valence-corrected chi connectivity index (χ2v) is 5.20. The van der Waals surface area contributed by atoms with Gasteiger partial charge in [-0.2, -0.15) is 0 Å². The molecule has 0 radical (unpaired) electrons. The number of nitrogens with two attached hydrogens (primary N) is 1. The lowest BCUT2D eigenvalue weighted by atomic mass is 10.2. The fraction of sp³-hybridized carbons (Fsp3) is 0.250. The molecule has 0 spiro atoms. The molecule has 5 N–H and O–H groups in total. The number of carboxylic acid groups (broad SMARTS) is 1. The van der Waals surface area contributed by atoms with E-state index < -0.39 is 17.9 Å². The minimum atomic E-state index is -1.13. The number of hydrogen-bond donors (Lipinski definition) is 4. The van der Waals surface area contributed by atoms with Crippen LogP contribution in [0.25, 0.3) is 0 Å². The molecule has 1 aromatic carbocycles. The van der Waals surface area contributed by atoms with Crippen molar-refractivity contribution < 1.29 is 14.7 Å². The zero-order chi connectivity index (χ0) is 17.4. The Kier molecular flexibility index (Phi) is 6.21. The fourth-order valence-corrected chi connectivity index (χ4v) is 2.00. The Bertz CT molecular complexity index is 676. The number of aromatic nitrogens is 2. The minimum absolute atomic E-state index is 0.225. The van der Waals surface area contributed by atoms with Crippen LogP contribution in [0.15, 0.2) is 42.7 Å². The van der Waals surface area contributed by atoms with Crippen LogP contribution in [-0.4, -0.2) is 33.0 Å². The third-order valence-electron chi connectivity index (χ3n) is 3.25.